The van der Waals surface area contributed by atoms with Crippen LogP contribution in [0.3, 0.4) is 0 Å². The van der Waals surface area contributed by atoms with Crippen LogP contribution in [0.5, 0.6) is 0 Å². The fraction of sp³-hybridized carbons (Fsp3) is 0.0725. The van der Waals surface area contributed by atoms with Gasteiger partial charge in [0.1, 0.15) is 11.2 Å². The number of fused-ring (bicyclic) bond motifs is 11. The van der Waals surface area contributed by atoms with Crippen molar-refractivity contribution < 1.29 is 8.83 Å². The molecule has 0 amide bonds. The van der Waals surface area contributed by atoms with Crippen LogP contribution in [0.25, 0.3) is 65.8 Å². The van der Waals surface area contributed by atoms with Crippen LogP contribution in [0.1, 0.15) is 44.5 Å². The molecule has 4 nitrogen and oxygen atoms in total. The minimum absolute atomic E-state index is 0.763. The molecular weight excluding hydrogens is 889 g/mol. The van der Waals surface area contributed by atoms with E-state index in [2.05, 4.69) is 262 Å². The largest absolute Gasteiger partial charge is 0.454 e. The molecular formula is C69H50N2O2. The summed E-state index contributed by atoms with van der Waals surface area (Å²) in [6.07, 6.45) is 0. The highest BCUT2D eigenvalue weighted by molar-refractivity contribution is 6.15. The van der Waals surface area contributed by atoms with Crippen LogP contribution in [-0.4, -0.2) is 0 Å². The second-order valence-corrected chi connectivity index (χ2v) is 19.8. The second kappa shape index (κ2) is 16.5. The highest BCUT2D eigenvalue weighted by atomic mass is 16.3. The van der Waals surface area contributed by atoms with Crippen LogP contribution in [0, 0.1) is 27.7 Å². The van der Waals surface area contributed by atoms with Gasteiger partial charge in [-0.25, -0.2) is 0 Å². The fourth-order valence-electron chi connectivity index (χ4n) is 12.4. The van der Waals surface area contributed by atoms with Crippen LogP contribution >= 0.6 is 0 Å². The summed E-state index contributed by atoms with van der Waals surface area (Å²) >= 11 is 0. The normalized spacial score (nSPS) is 12.8. The van der Waals surface area contributed by atoms with Crippen molar-refractivity contribution in [2.45, 2.75) is 33.1 Å². The molecule has 13 aromatic rings. The van der Waals surface area contributed by atoms with Crippen molar-refractivity contribution in [1.82, 2.24) is 0 Å². The lowest BCUT2D eigenvalue weighted by Crippen LogP contribution is -2.29. The van der Waals surface area contributed by atoms with E-state index in [9.17, 15) is 0 Å². The van der Waals surface area contributed by atoms with Gasteiger partial charge in [-0.2, -0.15) is 0 Å². The number of benzene rings is 11. The Bertz CT molecular complexity index is 4290. The lowest BCUT2D eigenvalue weighted by molar-refractivity contribution is 0.668. The number of aryl methyl sites for hydroxylation is 4. The highest BCUT2D eigenvalue weighted by Gasteiger charge is 2.48. The maximum absolute atomic E-state index is 6.92. The van der Waals surface area contributed by atoms with Gasteiger partial charge in [0.2, 0.25) is 0 Å². The fourth-order valence-corrected chi connectivity index (χ4v) is 12.4. The molecule has 0 N–H and O–H groups in total. The molecule has 0 aliphatic heterocycles. The molecule has 73 heavy (non-hydrogen) atoms. The SMILES string of the molecule is Cc1ccc(N(c2ccc3c(c2)C(c2ccccc2)(c2ccccc2)c2cc(N(c4ccc(C)cc4C)c4cccc5c4oc4ccccc45)c4ccccc4c2-3)c2cccc3c2oc2ccccc23)c(C)c1. The average Bonchev–Trinajstić information content (AvgIpc) is 4.10. The summed E-state index contributed by atoms with van der Waals surface area (Å²) in [7, 11) is 0. The predicted molar refractivity (Wildman–Crippen MR) is 304 cm³/mol. The topological polar surface area (TPSA) is 32.8 Å². The maximum atomic E-state index is 6.92. The number of para-hydroxylation sites is 4. The van der Waals surface area contributed by atoms with E-state index in [1.807, 2.05) is 6.07 Å². The van der Waals surface area contributed by atoms with Crippen LogP contribution in [0.4, 0.5) is 34.1 Å². The van der Waals surface area contributed by atoms with Gasteiger partial charge in [0.15, 0.2) is 11.2 Å². The van der Waals surface area contributed by atoms with Gasteiger partial charge in [-0.05, 0) is 132 Å². The lowest BCUT2D eigenvalue weighted by Gasteiger charge is -2.36. The maximum Gasteiger partial charge on any atom is 0.159 e. The Morgan fingerprint density at radius 2 is 0.808 bits per heavy atom. The molecule has 2 heterocycles. The Morgan fingerprint density at radius 3 is 1.37 bits per heavy atom. The van der Waals surface area contributed by atoms with E-state index in [1.165, 1.54) is 61.0 Å². The summed E-state index contributed by atoms with van der Waals surface area (Å²) in [4.78, 5) is 4.89. The van der Waals surface area contributed by atoms with Crippen molar-refractivity contribution in [2.24, 2.45) is 0 Å². The molecule has 4 heteroatoms. The van der Waals surface area contributed by atoms with E-state index in [0.29, 0.717) is 0 Å². The predicted octanol–water partition coefficient (Wildman–Crippen LogP) is 19.2. The van der Waals surface area contributed by atoms with Crippen LogP contribution < -0.4 is 9.80 Å². The van der Waals surface area contributed by atoms with E-state index < -0.39 is 5.41 Å². The minimum Gasteiger partial charge on any atom is -0.454 e. The molecule has 0 spiro atoms. The number of nitrogens with zero attached hydrogens (tertiary/aromatic N) is 2. The molecule has 1 aliphatic rings. The van der Waals surface area contributed by atoms with Gasteiger partial charge in [0.25, 0.3) is 0 Å². The van der Waals surface area contributed by atoms with Gasteiger partial charge in [0.05, 0.1) is 22.5 Å². The zero-order chi connectivity index (χ0) is 49.0. The molecule has 11 aromatic carbocycles. The number of furan rings is 2. The number of anilines is 6. The van der Waals surface area contributed by atoms with Gasteiger partial charge >= 0.3 is 0 Å². The smallest absolute Gasteiger partial charge is 0.159 e. The molecule has 0 fully saturated rings. The molecule has 0 saturated carbocycles. The van der Waals surface area contributed by atoms with E-state index in [1.54, 1.807) is 0 Å². The number of rotatable bonds is 8. The second-order valence-electron chi connectivity index (χ2n) is 19.8. The quantitative estimate of drug-likeness (QED) is 0.152. The third-order valence-corrected chi connectivity index (χ3v) is 15.5. The van der Waals surface area contributed by atoms with Crippen molar-refractivity contribution in [2.75, 3.05) is 9.80 Å². The molecule has 1 aliphatic carbocycles. The third-order valence-electron chi connectivity index (χ3n) is 15.5. The summed E-state index contributed by atoms with van der Waals surface area (Å²) in [5.41, 5.74) is 21.0. The average molecular weight is 939 g/mol. The molecule has 14 rings (SSSR count). The molecule has 2 aromatic heterocycles. The monoisotopic (exact) mass is 938 g/mol. The minimum atomic E-state index is -0.763. The first-order chi connectivity index (χ1) is 35.9. The van der Waals surface area contributed by atoms with Crippen molar-refractivity contribution in [3.05, 3.63) is 275 Å². The molecule has 0 bridgehead atoms. The summed E-state index contributed by atoms with van der Waals surface area (Å²) in [6.45, 7) is 8.78. The van der Waals surface area contributed by atoms with Gasteiger partial charge in [-0.15, -0.1) is 0 Å². The van der Waals surface area contributed by atoms with E-state index >= 15 is 0 Å². The van der Waals surface area contributed by atoms with Gasteiger partial charge in [-0.1, -0.05) is 187 Å². The summed E-state index contributed by atoms with van der Waals surface area (Å²) in [5, 5.41) is 6.71. The molecule has 348 valence electrons. The van der Waals surface area contributed by atoms with Crippen molar-refractivity contribution >= 4 is 88.8 Å². The standard InChI is InChI=1S/C69H50N2O2/c1-43-33-37-59(45(3)39-43)70(61-29-17-27-54-51-24-13-15-31-64(51)72-67(54)61)49-35-36-56-57(41-49)69(47-19-7-5-8-20-47,48-21-9-6-10-22-48)58-42-63(50-23-11-12-26-53(50)66(56)58)71(60-38-34-44(2)40-46(60)4)62-30-18-28-55-52-25-14-16-32-65(52)73-68(55)62/h5-42H,1-4H3. The molecule has 0 unspecified atom stereocenters. The van der Waals surface area contributed by atoms with Crippen molar-refractivity contribution in [1.29, 1.82) is 0 Å². The Balaban J connectivity index is 1.10. The van der Waals surface area contributed by atoms with E-state index in [-0.39, 0.29) is 0 Å². The number of hydrogen-bond acceptors (Lipinski definition) is 4. The lowest BCUT2D eigenvalue weighted by atomic mass is 9.67. The Hall–Kier alpha value is -9.12. The zero-order valence-electron chi connectivity index (χ0n) is 41.2. The molecule has 0 atom stereocenters. The summed E-state index contributed by atoms with van der Waals surface area (Å²) in [5.74, 6) is 0. The number of hydrogen-bond donors (Lipinski definition) is 0. The van der Waals surface area contributed by atoms with Crippen LogP contribution in [-0.2, 0) is 5.41 Å². The summed E-state index contributed by atoms with van der Waals surface area (Å²) in [6, 6.07) is 84.5. The van der Waals surface area contributed by atoms with Gasteiger partial charge < -0.3 is 18.6 Å². The van der Waals surface area contributed by atoms with Crippen LogP contribution in [0.15, 0.2) is 239 Å². The van der Waals surface area contributed by atoms with Gasteiger partial charge in [-0.3, -0.25) is 0 Å². The van der Waals surface area contributed by atoms with Crippen molar-refractivity contribution in [3.63, 3.8) is 0 Å². The Labute approximate surface area is 424 Å². The summed E-state index contributed by atoms with van der Waals surface area (Å²) < 4.78 is 13.8. The molecule has 0 saturated heterocycles. The van der Waals surface area contributed by atoms with Crippen LogP contribution in [0.2, 0.25) is 0 Å². The first-order valence-corrected chi connectivity index (χ1v) is 25.2. The third kappa shape index (κ3) is 6.40. The Morgan fingerprint density at radius 1 is 0.329 bits per heavy atom. The van der Waals surface area contributed by atoms with E-state index in [4.69, 9.17) is 8.83 Å². The van der Waals surface area contributed by atoms with Crippen molar-refractivity contribution in [3.8, 4) is 11.1 Å². The van der Waals surface area contributed by atoms with Gasteiger partial charge in [0, 0.05) is 44.0 Å². The zero-order valence-corrected chi connectivity index (χ0v) is 41.2. The first-order valence-electron chi connectivity index (χ1n) is 25.2. The van der Waals surface area contributed by atoms with E-state index in [0.717, 1.165) is 83.4 Å². The Kier molecular flexibility index (Phi) is 9.65. The molecule has 0 radical (unpaired) electrons. The first kappa shape index (κ1) is 42.7. The highest BCUT2D eigenvalue weighted by Crippen LogP contribution is 2.61.